The Morgan fingerprint density at radius 2 is 2.36 bits per heavy atom. The number of β-amino-alcohol motifs (C(OH)–C–C–N with tert-alkyl or cyclic N) is 1. The normalized spacial score (nSPS) is 34.1. The highest BCUT2D eigenvalue weighted by molar-refractivity contribution is 4.79. The summed E-state index contributed by atoms with van der Waals surface area (Å²) in [4.78, 5) is 2.11. The minimum absolute atomic E-state index is 0.487. The number of aliphatic hydroxyl groups excluding tert-OH is 1. The number of likely N-dealkylation sites (tertiary alicyclic amines) is 1. The molecule has 0 spiro atoms. The summed E-state index contributed by atoms with van der Waals surface area (Å²) in [5, 5.41) is 9.16. The lowest BCUT2D eigenvalue weighted by molar-refractivity contribution is 0.00383. The Kier molecular flexibility index (Phi) is 3.27. The maximum Gasteiger partial charge on any atom is 0.128 e. The largest absolute Gasteiger partial charge is 0.389 e. The van der Waals surface area contributed by atoms with Gasteiger partial charge < -0.3 is 10.0 Å². The van der Waals surface area contributed by atoms with Gasteiger partial charge in [0.05, 0.1) is 6.10 Å². The molecule has 1 aliphatic rings. The Hall–Kier alpha value is -0.150. The van der Waals surface area contributed by atoms with Crippen LogP contribution >= 0.6 is 0 Å². The monoisotopic (exact) mass is 161 g/mol. The SMILES string of the molecule is CCCN1CCC(F)C(O)C1. The van der Waals surface area contributed by atoms with E-state index in [1.165, 1.54) is 0 Å². The molecule has 0 aromatic carbocycles. The highest BCUT2D eigenvalue weighted by Gasteiger charge is 2.26. The van der Waals surface area contributed by atoms with Gasteiger partial charge >= 0.3 is 0 Å². The maximum atomic E-state index is 12.7. The Bertz CT molecular complexity index is 121. The summed E-state index contributed by atoms with van der Waals surface area (Å²) in [5.41, 5.74) is 0. The zero-order valence-corrected chi connectivity index (χ0v) is 6.96. The van der Waals surface area contributed by atoms with Gasteiger partial charge in [-0.25, -0.2) is 4.39 Å². The number of rotatable bonds is 2. The quantitative estimate of drug-likeness (QED) is 0.647. The number of alkyl halides is 1. The first-order valence-electron chi connectivity index (χ1n) is 4.28. The van der Waals surface area contributed by atoms with Gasteiger partial charge in [0.1, 0.15) is 6.17 Å². The smallest absolute Gasteiger partial charge is 0.128 e. The molecule has 11 heavy (non-hydrogen) atoms. The van der Waals surface area contributed by atoms with Gasteiger partial charge in [-0.2, -0.15) is 0 Å². The molecule has 1 fully saturated rings. The summed E-state index contributed by atoms with van der Waals surface area (Å²) in [6.45, 7) is 4.37. The number of hydrogen-bond donors (Lipinski definition) is 1. The molecule has 3 heteroatoms. The van der Waals surface area contributed by atoms with Crippen LogP contribution in [0.1, 0.15) is 19.8 Å². The van der Waals surface area contributed by atoms with Crippen molar-refractivity contribution >= 4 is 0 Å². The van der Waals surface area contributed by atoms with Crippen molar-refractivity contribution in [2.45, 2.75) is 32.0 Å². The molecule has 0 aromatic rings. The van der Waals surface area contributed by atoms with Crippen LogP contribution in [-0.2, 0) is 0 Å². The first-order valence-corrected chi connectivity index (χ1v) is 4.28. The molecule has 2 unspecified atom stereocenters. The van der Waals surface area contributed by atoms with Gasteiger partial charge in [0, 0.05) is 13.1 Å². The zero-order valence-electron chi connectivity index (χ0n) is 6.96. The molecular formula is C8H16FNO. The molecule has 1 rings (SSSR count). The molecule has 0 bridgehead atoms. The molecule has 0 saturated carbocycles. The Balaban J connectivity index is 2.28. The third-order valence-electron chi connectivity index (χ3n) is 2.12. The third kappa shape index (κ3) is 2.42. The number of piperidine rings is 1. The Morgan fingerprint density at radius 3 is 2.91 bits per heavy atom. The molecule has 2 atom stereocenters. The lowest BCUT2D eigenvalue weighted by atomic mass is 10.1. The molecule has 66 valence electrons. The van der Waals surface area contributed by atoms with Gasteiger partial charge in [-0.05, 0) is 19.4 Å². The summed E-state index contributed by atoms with van der Waals surface area (Å²) in [5.74, 6) is 0. The van der Waals surface area contributed by atoms with Gasteiger partial charge in [0.15, 0.2) is 0 Å². The average Bonchev–Trinajstić information content (AvgIpc) is 1.98. The second kappa shape index (κ2) is 4.02. The molecular weight excluding hydrogens is 145 g/mol. The van der Waals surface area contributed by atoms with Gasteiger partial charge in [-0.1, -0.05) is 6.92 Å². The standard InChI is InChI=1S/C8H16FNO/c1-2-4-10-5-3-7(9)8(11)6-10/h7-8,11H,2-6H2,1H3. The van der Waals surface area contributed by atoms with E-state index in [2.05, 4.69) is 11.8 Å². The lowest BCUT2D eigenvalue weighted by Crippen LogP contribution is -2.45. The Labute approximate surface area is 67.0 Å². The van der Waals surface area contributed by atoms with Crippen LogP contribution in [0.3, 0.4) is 0 Å². The van der Waals surface area contributed by atoms with Gasteiger partial charge in [0.2, 0.25) is 0 Å². The van der Waals surface area contributed by atoms with E-state index in [0.29, 0.717) is 13.0 Å². The van der Waals surface area contributed by atoms with Gasteiger partial charge in [-0.15, -0.1) is 0 Å². The van der Waals surface area contributed by atoms with Crippen LogP contribution in [0.25, 0.3) is 0 Å². The van der Waals surface area contributed by atoms with Gasteiger partial charge in [0.25, 0.3) is 0 Å². The molecule has 2 nitrogen and oxygen atoms in total. The van der Waals surface area contributed by atoms with Crippen molar-refractivity contribution in [2.75, 3.05) is 19.6 Å². The fourth-order valence-electron chi connectivity index (χ4n) is 1.49. The second-order valence-corrected chi connectivity index (χ2v) is 3.17. The summed E-state index contributed by atoms with van der Waals surface area (Å²) in [7, 11) is 0. The van der Waals surface area contributed by atoms with Crippen molar-refractivity contribution in [1.29, 1.82) is 0 Å². The fourth-order valence-corrected chi connectivity index (χ4v) is 1.49. The van der Waals surface area contributed by atoms with Crippen molar-refractivity contribution in [3.63, 3.8) is 0 Å². The average molecular weight is 161 g/mol. The first kappa shape index (κ1) is 8.94. The molecule has 0 aliphatic carbocycles. The third-order valence-corrected chi connectivity index (χ3v) is 2.12. The molecule has 0 aromatic heterocycles. The summed E-state index contributed by atoms with van der Waals surface area (Å²) in [6.07, 6.45) is -0.191. The second-order valence-electron chi connectivity index (χ2n) is 3.17. The fraction of sp³-hybridized carbons (Fsp3) is 1.00. The zero-order chi connectivity index (χ0) is 8.27. The molecule has 1 heterocycles. The molecule has 1 aliphatic heterocycles. The van der Waals surface area contributed by atoms with Crippen LogP contribution in [0.5, 0.6) is 0 Å². The summed E-state index contributed by atoms with van der Waals surface area (Å²) < 4.78 is 12.7. The minimum Gasteiger partial charge on any atom is -0.389 e. The lowest BCUT2D eigenvalue weighted by Gasteiger charge is -2.31. The van der Waals surface area contributed by atoms with E-state index < -0.39 is 12.3 Å². The predicted molar refractivity (Wildman–Crippen MR) is 42.3 cm³/mol. The number of aliphatic hydroxyl groups is 1. The first-order chi connectivity index (χ1) is 5.24. The molecule has 1 saturated heterocycles. The van der Waals surface area contributed by atoms with Crippen molar-refractivity contribution in [1.82, 2.24) is 4.90 Å². The number of hydrogen-bond acceptors (Lipinski definition) is 2. The summed E-state index contributed by atoms with van der Waals surface area (Å²) >= 11 is 0. The van der Waals surface area contributed by atoms with Crippen molar-refractivity contribution in [2.24, 2.45) is 0 Å². The Morgan fingerprint density at radius 1 is 1.64 bits per heavy atom. The van der Waals surface area contributed by atoms with Crippen molar-refractivity contribution < 1.29 is 9.50 Å². The highest BCUT2D eigenvalue weighted by Crippen LogP contribution is 2.13. The number of halogens is 1. The molecule has 1 N–H and O–H groups in total. The van der Waals surface area contributed by atoms with Crippen LogP contribution in [0.15, 0.2) is 0 Å². The van der Waals surface area contributed by atoms with Crippen LogP contribution in [0.4, 0.5) is 4.39 Å². The van der Waals surface area contributed by atoms with E-state index in [9.17, 15) is 4.39 Å². The van der Waals surface area contributed by atoms with E-state index in [0.717, 1.165) is 19.5 Å². The minimum atomic E-state index is -0.997. The molecule has 0 amide bonds. The van der Waals surface area contributed by atoms with Crippen molar-refractivity contribution in [3.8, 4) is 0 Å². The van der Waals surface area contributed by atoms with E-state index in [-0.39, 0.29) is 0 Å². The van der Waals surface area contributed by atoms with E-state index in [1.807, 2.05) is 0 Å². The maximum absolute atomic E-state index is 12.7. The van der Waals surface area contributed by atoms with E-state index >= 15 is 0 Å². The van der Waals surface area contributed by atoms with E-state index in [4.69, 9.17) is 5.11 Å². The van der Waals surface area contributed by atoms with Crippen LogP contribution < -0.4 is 0 Å². The van der Waals surface area contributed by atoms with Crippen molar-refractivity contribution in [3.05, 3.63) is 0 Å². The topological polar surface area (TPSA) is 23.5 Å². The van der Waals surface area contributed by atoms with Crippen LogP contribution in [0, 0.1) is 0 Å². The van der Waals surface area contributed by atoms with Crippen LogP contribution in [-0.4, -0.2) is 41.9 Å². The van der Waals surface area contributed by atoms with Crippen LogP contribution in [0.2, 0.25) is 0 Å². The number of nitrogens with zero attached hydrogens (tertiary/aromatic N) is 1. The van der Waals surface area contributed by atoms with Gasteiger partial charge in [-0.3, -0.25) is 0 Å². The molecule has 0 radical (unpaired) electrons. The predicted octanol–water partition coefficient (Wildman–Crippen LogP) is 0.801. The summed E-state index contributed by atoms with van der Waals surface area (Å²) in [6, 6.07) is 0. The van der Waals surface area contributed by atoms with E-state index in [1.54, 1.807) is 0 Å². The highest BCUT2D eigenvalue weighted by atomic mass is 19.1.